The lowest BCUT2D eigenvalue weighted by molar-refractivity contribution is -0.124. The molecule has 0 saturated carbocycles. The van der Waals surface area contributed by atoms with E-state index in [2.05, 4.69) is 31.8 Å². The number of morpholine rings is 1. The lowest BCUT2D eigenvalue weighted by Gasteiger charge is -2.30. The number of nitrogens with one attached hydrogen (secondary N) is 2. The fourth-order valence-corrected chi connectivity index (χ4v) is 3.25. The number of nitrogens with zero attached hydrogens (tertiary/aromatic N) is 3. The van der Waals surface area contributed by atoms with Crippen LogP contribution < -0.4 is 15.5 Å². The van der Waals surface area contributed by atoms with E-state index in [9.17, 15) is 4.79 Å². The predicted octanol–water partition coefficient (Wildman–Crippen LogP) is 2.17. The van der Waals surface area contributed by atoms with E-state index in [1.165, 1.54) is 0 Å². The van der Waals surface area contributed by atoms with Gasteiger partial charge < -0.3 is 25.0 Å². The third kappa shape index (κ3) is 4.35. The largest absolute Gasteiger partial charge is 0.378 e. The predicted molar refractivity (Wildman–Crippen MR) is 102 cm³/mol. The maximum atomic E-state index is 12.1. The quantitative estimate of drug-likeness (QED) is 0.835. The molecule has 142 valence electrons. The first-order valence-electron chi connectivity index (χ1n) is 9.24. The molecule has 27 heavy (non-hydrogen) atoms. The highest BCUT2D eigenvalue weighted by molar-refractivity contribution is 5.93. The van der Waals surface area contributed by atoms with Crippen molar-refractivity contribution in [2.24, 2.45) is 0 Å². The number of para-hydroxylation sites is 2. The number of ether oxygens (including phenoxy) is 2. The summed E-state index contributed by atoms with van der Waals surface area (Å²) in [5.74, 6) is 0.869. The third-order valence-corrected chi connectivity index (χ3v) is 4.66. The van der Waals surface area contributed by atoms with E-state index >= 15 is 0 Å². The van der Waals surface area contributed by atoms with Crippen LogP contribution in [0, 0.1) is 0 Å². The number of anilines is 4. The van der Waals surface area contributed by atoms with Crippen LogP contribution in [-0.4, -0.2) is 55.1 Å². The molecule has 2 fully saturated rings. The minimum absolute atomic E-state index is 0.167. The molecule has 8 nitrogen and oxygen atoms in total. The number of carbonyl (C=O) groups excluding carboxylic acids is 1. The van der Waals surface area contributed by atoms with Crippen molar-refractivity contribution in [1.29, 1.82) is 0 Å². The lowest BCUT2D eigenvalue weighted by Crippen LogP contribution is -2.36. The summed E-state index contributed by atoms with van der Waals surface area (Å²) in [5, 5.41) is 14.3. The van der Waals surface area contributed by atoms with E-state index < -0.39 is 0 Å². The second kappa shape index (κ2) is 8.32. The van der Waals surface area contributed by atoms with Crippen molar-refractivity contribution >= 4 is 28.9 Å². The highest BCUT2D eigenvalue weighted by Gasteiger charge is 2.23. The first kappa shape index (κ1) is 17.7. The van der Waals surface area contributed by atoms with E-state index in [0.29, 0.717) is 18.2 Å². The molecule has 0 radical (unpaired) electrons. The second-order valence-electron chi connectivity index (χ2n) is 6.54. The molecule has 0 spiro atoms. The van der Waals surface area contributed by atoms with E-state index in [1.807, 2.05) is 18.2 Å². The summed E-state index contributed by atoms with van der Waals surface area (Å²) < 4.78 is 10.8. The molecule has 0 aliphatic carbocycles. The zero-order chi connectivity index (χ0) is 18.5. The molecule has 1 aromatic carbocycles. The van der Waals surface area contributed by atoms with E-state index in [-0.39, 0.29) is 12.0 Å². The van der Waals surface area contributed by atoms with Gasteiger partial charge >= 0.3 is 0 Å². The van der Waals surface area contributed by atoms with Gasteiger partial charge in [-0.15, -0.1) is 10.2 Å². The van der Waals surface area contributed by atoms with Gasteiger partial charge in [0.05, 0.1) is 24.6 Å². The third-order valence-electron chi connectivity index (χ3n) is 4.66. The number of hydrogen-bond acceptors (Lipinski definition) is 7. The Morgan fingerprint density at radius 2 is 1.81 bits per heavy atom. The average Bonchev–Trinajstić information content (AvgIpc) is 3.26. The van der Waals surface area contributed by atoms with Crippen molar-refractivity contribution in [3.05, 3.63) is 36.4 Å². The SMILES string of the molecule is O=C(Nc1ccc(Nc2ccccc2N2CCOCC2)nn1)C1CCCO1. The molecule has 1 unspecified atom stereocenters. The Morgan fingerprint density at radius 3 is 2.56 bits per heavy atom. The van der Waals surface area contributed by atoms with Crippen LogP contribution in [0.15, 0.2) is 36.4 Å². The summed E-state index contributed by atoms with van der Waals surface area (Å²) in [6, 6.07) is 11.6. The normalized spacial score (nSPS) is 19.7. The lowest BCUT2D eigenvalue weighted by atomic mass is 10.2. The fourth-order valence-electron chi connectivity index (χ4n) is 3.25. The number of hydrogen-bond donors (Lipinski definition) is 2. The molecule has 2 aliphatic heterocycles. The van der Waals surface area contributed by atoms with E-state index in [4.69, 9.17) is 9.47 Å². The van der Waals surface area contributed by atoms with Gasteiger partial charge in [-0.3, -0.25) is 4.79 Å². The Bertz CT molecular complexity index is 771. The van der Waals surface area contributed by atoms with Crippen LogP contribution in [0.1, 0.15) is 12.8 Å². The molecular formula is C19H23N5O3. The molecule has 3 heterocycles. The zero-order valence-electron chi connectivity index (χ0n) is 15.1. The van der Waals surface area contributed by atoms with Gasteiger partial charge in [-0.25, -0.2) is 0 Å². The summed E-state index contributed by atoms with van der Waals surface area (Å²) in [4.78, 5) is 14.4. The molecule has 2 saturated heterocycles. The van der Waals surface area contributed by atoms with Gasteiger partial charge in [0.25, 0.3) is 5.91 Å². The standard InChI is InChI=1S/C19H23N5O3/c25-19(16-6-3-11-27-16)21-18-8-7-17(22-23-18)20-14-4-1-2-5-15(14)24-9-12-26-13-10-24/h1-2,4-5,7-8,16H,3,6,9-13H2,(H,20,22)(H,21,23,25). The van der Waals surface area contributed by atoms with Gasteiger partial charge in [0, 0.05) is 19.7 Å². The summed E-state index contributed by atoms with van der Waals surface area (Å²) in [6.45, 7) is 3.81. The Kier molecular flexibility index (Phi) is 5.45. The highest BCUT2D eigenvalue weighted by Crippen LogP contribution is 2.28. The van der Waals surface area contributed by atoms with Crippen molar-refractivity contribution in [2.45, 2.75) is 18.9 Å². The van der Waals surface area contributed by atoms with Crippen LogP contribution >= 0.6 is 0 Å². The number of amides is 1. The minimum Gasteiger partial charge on any atom is -0.378 e. The topological polar surface area (TPSA) is 88.6 Å². The van der Waals surface area contributed by atoms with Crippen molar-refractivity contribution in [3.8, 4) is 0 Å². The van der Waals surface area contributed by atoms with Gasteiger partial charge in [0.1, 0.15) is 6.10 Å². The van der Waals surface area contributed by atoms with Gasteiger partial charge in [-0.2, -0.15) is 0 Å². The van der Waals surface area contributed by atoms with E-state index in [1.54, 1.807) is 12.1 Å². The highest BCUT2D eigenvalue weighted by atomic mass is 16.5. The van der Waals surface area contributed by atoms with Crippen LogP contribution in [0.2, 0.25) is 0 Å². The summed E-state index contributed by atoms with van der Waals surface area (Å²) >= 11 is 0. The molecule has 2 N–H and O–H groups in total. The molecule has 1 atom stereocenters. The molecule has 8 heteroatoms. The van der Waals surface area contributed by atoms with Crippen molar-refractivity contribution in [2.75, 3.05) is 48.4 Å². The van der Waals surface area contributed by atoms with Crippen LogP contribution in [0.4, 0.5) is 23.0 Å². The van der Waals surface area contributed by atoms with E-state index in [0.717, 1.165) is 50.5 Å². The minimum atomic E-state index is -0.384. The molecule has 0 bridgehead atoms. The Balaban J connectivity index is 1.42. The summed E-state index contributed by atoms with van der Waals surface area (Å²) in [6.07, 6.45) is 1.27. The van der Waals surface area contributed by atoms with Crippen molar-refractivity contribution in [1.82, 2.24) is 10.2 Å². The maximum Gasteiger partial charge on any atom is 0.254 e. The first-order valence-corrected chi connectivity index (χ1v) is 9.24. The van der Waals surface area contributed by atoms with Gasteiger partial charge in [0.2, 0.25) is 0 Å². The first-order chi connectivity index (χ1) is 13.3. The van der Waals surface area contributed by atoms with Gasteiger partial charge in [-0.1, -0.05) is 12.1 Å². The van der Waals surface area contributed by atoms with Crippen LogP contribution in [0.25, 0.3) is 0 Å². The average molecular weight is 369 g/mol. The molecule has 2 aromatic rings. The summed E-state index contributed by atoms with van der Waals surface area (Å²) in [5.41, 5.74) is 2.07. The number of benzene rings is 1. The smallest absolute Gasteiger partial charge is 0.254 e. The Hall–Kier alpha value is -2.71. The Labute approximate surface area is 157 Å². The number of aromatic nitrogens is 2. The molecular weight excluding hydrogens is 346 g/mol. The monoisotopic (exact) mass is 369 g/mol. The fraction of sp³-hybridized carbons (Fsp3) is 0.421. The van der Waals surface area contributed by atoms with Crippen LogP contribution in [-0.2, 0) is 14.3 Å². The van der Waals surface area contributed by atoms with Gasteiger partial charge in [0.15, 0.2) is 11.6 Å². The summed E-state index contributed by atoms with van der Waals surface area (Å²) in [7, 11) is 0. The Morgan fingerprint density at radius 1 is 1.04 bits per heavy atom. The maximum absolute atomic E-state index is 12.1. The molecule has 2 aliphatic rings. The van der Waals surface area contributed by atoms with Crippen LogP contribution in [0.3, 0.4) is 0 Å². The number of carbonyl (C=O) groups is 1. The number of rotatable bonds is 5. The molecule has 1 amide bonds. The molecule has 4 rings (SSSR count). The van der Waals surface area contributed by atoms with Crippen LogP contribution in [0.5, 0.6) is 0 Å². The zero-order valence-corrected chi connectivity index (χ0v) is 15.1. The van der Waals surface area contributed by atoms with Crippen molar-refractivity contribution in [3.63, 3.8) is 0 Å². The molecule has 1 aromatic heterocycles. The van der Waals surface area contributed by atoms with Gasteiger partial charge in [-0.05, 0) is 37.1 Å². The van der Waals surface area contributed by atoms with Crippen molar-refractivity contribution < 1.29 is 14.3 Å². The second-order valence-corrected chi connectivity index (χ2v) is 6.54.